The molecule has 0 bridgehead atoms. The molecule has 1 aromatic carbocycles. The van der Waals surface area contributed by atoms with Crippen molar-refractivity contribution in [3.05, 3.63) is 67.7 Å². The summed E-state index contributed by atoms with van der Waals surface area (Å²) in [5, 5.41) is 2.07. The number of aromatic amines is 1. The average Bonchev–Trinajstić information content (AvgIpc) is 2.96. The van der Waals surface area contributed by atoms with Crippen molar-refractivity contribution in [2.24, 2.45) is 0 Å². The third kappa shape index (κ3) is 2.90. The second-order valence-corrected chi connectivity index (χ2v) is 6.51. The van der Waals surface area contributed by atoms with E-state index in [1.807, 2.05) is 24.3 Å². The Balaban J connectivity index is 2.06. The van der Waals surface area contributed by atoms with E-state index in [1.54, 1.807) is 11.3 Å². The molecular weight excluding hydrogens is 352 g/mol. The Hall–Kier alpha value is -1.30. The fraction of sp³-hybridized carbons (Fsp3) is 0.0667. The summed E-state index contributed by atoms with van der Waals surface area (Å²) in [5.41, 5.74) is 2.08. The van der Waals surface area contributed by atoms with Crippen molar-refractivity contribution in [2.45, 2.75) is 6.42 Å². The van der Waals surface area contributed by atoms with Crippen LogP contribution >= 0.6 is 39.5 Å². The summed E-state index contributed by atoms with van der Waals surface area (Å²) in [6.07, 6.45) is 0.772. The molecule has 0 saturated carbocycles. The number of H-pyrrole nitrogens is 1. The van der Waals surface area contributed by atoms with E-state index in [1.165, 1.54) is 4.88 Å². The largest absolute Gasteiger partial charge is 0.342 e. The lowest BCUT2D eigenvalue weighted by Crippen LogP contribution is -1.99. The number of nitrogens with one attached hydrogen (secondary N) is 1. The smallest absolute Gasteiger partial charge is 0.144 e. The van der Waals surface area contributed by atoms with Crippen molar-refractivity contribution >= 4 is 39.5 Å². The van der Waals surface area contributed by atoms with E-state index >= 15 is 0 Å². The Morgan fingerprint density at radius 1 is 1.15 bits per heavy atom. The highest BCUT2D eigenvalue weighted by molar-refractivity contribution is 9.10. The van der Waals surface area contributed by atoms with E-state index in [9.17, 15) is 0 Å². The molecule has 2 nitrogen and oxygen atoms in total. The first-order chi connectivity index (χ1) is 9.74. The van der Waals surface area contributed by atoms with Crippen LogP contribution in [0.3, 0.4) is 0 Å². The summed E-state index contributed by atoms with van der Waals surface area (Å²) >= 11 is 10.6. The maximum Gasteiger partial charge on any atom is 0.144 e. The molecular formula is C15H11BrN2S2. The number of thiophene rings is 1. The molecule has 0 unspecified atom stereocenters. The van der Waals surface area contributed by atoms with Gasteiger partial charge in [0.25, 0.3) is 0 Å². The molecule has 0 radical (unpaired) electrons. The molecule has 2 heterocycles. The van der Waals surface area contributed by atoms with E-state index in [4.69, 9.17) is 12.2 Å². The lowest BCUT2D eigenvalue weighted by molar-refractivity contribution is 0.969. The number of hydrogen-bond acceptors (Lipinski definition) is 3. The minimum Gasteiger partial charge on any atom is -0.342 e. The average molecular weight is 363 g/mol. The van der Waals surface area contributed by atoms with Gasteiger partial charge in [-0.2, -0.15) is 0 Å². The highest BCUT2D eigenvalue weighted by Gasteiger charge is 2.09. The van der Waals surface area contributed by atoms with Crippen LogP contribution in [0.25, 0.3) is 11.3 Å². The van der Waals surface area contributed by atoms with Gasteiger partial charge in [0.15, 0.2) is 0 Å². The van der Waals surface area contributed by atoms with E-state index in [0.717, 1.165) is 28.0 Å². The maximum absolute atomic E-state index is 5.35. The van der Waals surface area contributed by atoms with Crippen LogP contribution < -0.4 is 0 Å². The fourth-order valence-electron chi connectivity index (χ4n) is 1.97. The van der Waals surface area contributed by atoms with Gasteiger partial charge in [0, 0.05) is 11.3 Å². The zero-order valence-corrected chi connectivity index (χ0v) is 13.7. The minimum atomic E-state index is 0.592. The highest BCUT2D eigenvalue weighted by atomic mass is 79.9. The third-order valence-electron chi connectivity index (χ3n) is 2.90. The summed E-state index contributed by atoms with van der Waals surface area (Å²) in [7, 11) is 0. The predicted molar refractivity (Wildman–Crippen MR) is 89.7 cm³/mol. The Bertz CT molecular complexity index is 764. The first kappa shape index (κ1) is 13.7. The van der Waals surface area contributed by atoms with Crippen LogP contribution in [-0.4, -0.2) is 9.97 Å². The fourth-order valence-corrected chi connectivity index (χ4v) is 3.31. The zero-order chi connectivity index (χ0) is 13.9. The van der Waals surface area contributed by atoms with Crippen LogP contribution in [0.1, 0.15) is 10.7 Å². The van der Waals surface area contributed by atoms with Gasteiger partial charge in [-0.3, -0.25) is 0 Å². The number of aromatic nitrogens is 2. The Kier molecular flexibility index (Phi) is 4.10. The molecule has 20 heavy (non-hydrogen) atoms. The van der Waals surface area contributed by atoms with Gasteiger partial charge in [-0.25, -0.2) is 4.98 Å². The lowest BCUT2D eigenvalue weighted by atomic mass is 10.1. The quantitative estimate of drug-likeness (QED) is 0.646. The molecule has 0 atom stereocenters. The summed E-state index contributed by atoms with van der Waals surface area (Å²) in [6.45, 7) is 0. The maximum atomic E-state index is 5.35. The molecule has 5 heteroatoms. The number of nitrogens with zero attached hydrogens (tertiary/aromatic N) is 1. The second-order valence-electron chi connectivity index (χ2n) is 4.30. The van der Waals surface area contributed by atoms with Crippen molar-refractivity contribution in [3.8, 4) is 11.3 Å². The van der Waals surface area contributed by atoms with Gasteiger partial charge in [0.1, 0.15) is 10.5 Å². The molecule has 3 rings (SSSR count). The van der Waals surface area contributed by atoms with Gasteiger partial charge in [0.05, 0.1) is 10.2 Å². The second kappa shape index (κ2) is 5.99. The highest BCUT2D eigenvalue weighted by Crippen LogP contribution is 2.27. The monoisotopic (exact) mass is 362 g/mol. The van der Waals surface area contributed by atoms with Crippen LogP contribution in [0.5, 0.6) is 0 Å². The zero-order valence-electron chi connectivity index (χ0n) is 10.5. The summed E-state index contributed by atoms with van der Waals surface area (Å²) < 4.78 is 1.43. The summed E-state index contributed by atoms with van der Waals surface area (Å²) in [4.78, 5) is 9.11. The normalized spacial score (nSPS) is 10.7. The van der Waals surface area contributed by atoms with Crippen LogP contribution in [0.4, 0.5) is 0 Å². The molecule has 0 aliphatic heterocycles. The molecule has 100 valence electrons. The summed E-state index contributed by atoms with van der Waals surface area (Å²) in [6, 6.07) is 14.3. The van der Waals surface area contributed by atoms with E-state index in [2.05, 4.69) is 49.5 Å². The first-order valence-electron chi connectivity index (χ1n) is 6.10. The Labute approximate surface area is 134 Å². The standard InChI is InChI=1S/C15H11BrN2S2/c16-13-14(10-5-2-1-3-6-10)17-12(18-15(13)19)9-11-7-4-8-20-11/h1-8H,9H2,(H,17,18,19). The van der Waals surface area contributed by atoms with Crippen LogP contribution in [-0.2, 0) is 6.42 Å². The van der Waals surface area contributed by atoms with Gasteiger partial charge < -0.3 is 4.98 Å². The number of halogens is 1. The van der Waals surface area contributed by atoms with Gasteiger partial charge in [-0.05, 0) is 32.9 Å². The van der Waals surface area contributed by atoms with E-state index in [0.29, 0.717) is 4.64 Å². The molecule has 1 N–H and O–H groups in total. The van der Waals surface area contributed by atoms with Crippen molar-refractivity contribution in [1.82, 2.24) is 9.97 Å². The SMILES string of the molecule is S=c1nc(Cc2cccs2)[nH]c(-c2ccccc2)c1Br. The molecule has 2 aromatic heterocycles. The lowest BCUT2D eigenvalue weighted by Gasteiger charge is -2.08. The van der Waals surface area contributed by atoms with Crippen LogP contribution in [0, 0.1) is 4.64 Å². The number of rotatable bonds is 3. The number of hydrogen-bond donors (Lipinski definition) is 1. The molecule has 0 aliphatic carbocycles. The van der Waals surface area contributed by atoms with Gasteiger partial charge in [-0.15, -0.1) is 11.3 Å². The van der Waals surface area contributed by atoms with Gasteiger partial charge in [-0.1, -0.05) is 48.6 Å². The molecule has 0 fully saturated rings. The molecule has 3 aromatic rings. The molecule has 0 saturated heterocycles. The molecule has 0 spiro atoms. The Morgan fingerprint density at radius 2 is 1.95 bits per heavy atom. The van der Waals surface area contributed by atoms with Crippen molar-refractivity contribution in [3.63, 3.8) is 0 Å². The topological polar surface area (TPSA) is 28.7 Å². The Morgan fingerprint density at radius 3 is 2.65 bits per heavy atom. The van der Waals surface area contributed by atoms with Crippen molar-refractivity contribution in [2.75, 3.05) is 0 Å². The predicted octanol–water partition coefficient (Wildman–Crippen LogP) is 5.22. The van der Waals surface area contributed by atoms with E-state index < -0.39 is 0 Å². The third-order valence-corrected chi connectivity index (χ3v) is 5.10. The minimum absolute atomic E-state index is 0.592. The first-order valence-corrected chi connectivity index (χ1v) is 8.18. The van der Waals surface area contributed by atoms with Crippen molar-refractivity contribution < 1.29 is 0 Å². The van der Waals surface area contributed by atoms with Gasteiger partial charge >= 0.3 is 0 Å². The van der Waals surface area contributed by atoms with Crippen LogP contribution in [0.2, 0.25) is 0 Å². The van der Waals surface area contributed by atoms with Gasteiger partial charge in [0.2, 0.25) is 0 Å². The van der Waals surface area contributed by atoms with Crippen LogP contribution in [0.15, 0.2) is 52.3 Å². The summed E-state index contributed by atoms with van der Waals surface area (Å²) in [5.74, 6) is 0.888. The van der Waals surface area contributed by atoms with Crippen molar-refractivity contribution in [1.29, 1.82) is 0 Å². The molecule has 0 aliphatic rings. The molecule has 0 amide bonds. The van der Waals surface area contributed by atoms with E-state index in [-0.39, 0.29) is 0 Å². The number of benzene rings is 1.